The Labute approximate surface area is 120 Å². The third-order valence-electron chi connectivity index (χ3n) is 3.18. The predicted molar refractivity (Wildman–Crippen MR) is 80.4 cm³/mol. The molecule has 0 fully saturated rings. The molecule has 1 aromatic carbocycles. The summed E-state index contributed by atoms with van der Waals surface area (Å²) >= 11 is 0. The monoisotopic (exact) mass is 271 g/mol. The first-order chi connectivity index (χ1) is 9.76. The zero-order chi connectivity index (χ0) is 14.4. The van der Waals surface area contributed by atoms with Crippen molar-refractivity contribution in [3.63, 3.8) is 0 Å². The van der Waals surface area contributed by atoms with Crippen LogP contribution in [0.1, 0.15) is 36.2 Å². The first-order valence-electron chi connectivity index (χ1n) is 6.86. The van der Waals surface area contributed by atoms with Crippen LogP contribution in [-0.2, 0) is 0 Å². The first kappa shape index (κ1) is 14.5. The number of nitrogens with one attached hydrogen (secondary N) is 1. The lowest BCUT2D eigenvalue weighted by molar-refractivity contribution is 0.317. The van der Waals surface area contributed by atoms with Crippen LogP contribution < -0.4 is 16.0 Å². The van der Waals surface area contributed by atoms with E-state index in [9.17, 15) is 0 Å². The second-order valence-corrected chi connectivity index (χ2v) is 4.72. The molecule has 0 radical (unpaired) electrons. The highest BCUT2D eigenvalue weighted by molar-refractivity contribution is 5.35. The van der Waals surface area contributed by atoms with Crippen LogP contribution in [0.4, 0.5) is 0 Å². The maximum absolute atomic E-state index is 5.70. The molecule has 4 nitrogen and oxygen atoms in total. The van der Waals surface area contributed by atoms with Gasteiger partial charge in [-0.3, -0.25) is 10.8 Å². The smallest absolute Gasteiger partial charge is 0.119 e. The Hall–Kier alpha value is -1.91. The number of aromatic nitrogens is 1. The third kappa shape index (κ3) is 3.35. The highest BCUT2D eigenvalue weighted by Gasteiger charge is 2.15. The number of hydrazine groups is 1. The van der Waals surface area contributed by atoms with Gasteiger partial charge in [-0.05, 0) is 42.7 Å². The van der Waals surface area contributed by atoms with Crippen LogP contribution in [0.3, 0.4) is 0 Å². The highest BCUT2D eigenvalue weighted by Crippen LogP contribution is 2.24. The Bertz CT molecular complexity index is 540. The van der Waals surface area contributed by atoms with Crippen molar-refractivity contribution < 1.29 is 4.74 Å². The van der Waals surface area contributed by atoms with Gasteiger partial charge in [0, 0.05) is 6.20 Å². The van der Waals surface area contributed by atoms with Gasteiger partial charge in [-0.1, -0.05) is 25.1 Å². The van der Waals surface area contributed by atoms with Crippen LogP contribution in [0.5, 0.6) is 5.75 Å². The van der Waals surface area contributed by atoms with Crippen LogP contribution >= 0.6 is 0 Å². The molecule has 0 aliphatic rings. The van der Waals surface area contributed by atoms with E-state index in [-0.39, 0.29) is 6.04 Å². The van der Waals surface area contributed by atoms with Crippen molar-refractivity contribution in [1.82, 2.24) is 10.4 Å². The molecule has 2 rings (SSSR count). The summed E-state index contributed by atoms with van der Waals surface area (Å²) in [6.07, 6.45) is 2.78. The van der Waals surface area contributed by atoms with Crippen molar-refractivity contribution in [3.8, 4) is 5.75 Å². The van der Waals surface area contributed by atoms with Crippen molar-refractivity contribution >= 4 is 0 Å². The fraction of sp³-hybridized carbons (Fsp3) is 0.312. The largest absolute Gasteiger partial charge is 0.494 e. The standard InChI is InChI=1S/C16H21N3O/c1-3-11-20-14-8-6-13(7-9-14)16(19-17)15-12(2)5-4-10-18-15/h4-10,16,19H,3,11,17H2,1-2H3. The molecular formula is C16H21N3O. The average molecular weight is 271 g/mol. The van der Waals surface area contributed by atoms with Crippen molar-refractivity contribution in [2.45, 2.75) is 26.3 Å². The van der Waals surface area contributed by atoms with E-state index in [1.54, 1.807) is 6.20 Å². The number of aryl methyl sites for hydroxylation is 1. The average Bonchev–Trinajstić information content (AvgIpc) is 2.49. The van der Waals surface area contributed by atoms with E-state index in [2.05, 4.69) is 17.3 Å². The van der Waals surface area contributed by atoms with Gasteiger partial charge in [-0.25, -0.2) is 5.43 Å². The summed E-state index contributed by atoms with van der Waals surface area (Å²) in [7, 11) is 0. The molecule has 106 valence electrons. The maximum atomic E-state index is 5.70. The predicted octanol–water partition coefficient (Wildman–Crippen LogP) is 2.73. The van der Waals surface area contributed by atoms with Crippen LogP contribution in [0.2, 0.25) is 0 Å². The Balaban J connectivity index is 2.22. The van der Waals surface area contributed by atoms with Gasteiger partial charge in [0.2, 0.25) is 0 Å². The summed E-state index contributed by atoms with van der Waals surface area (Å²) in [6.45, 7) is 4.86. The van der Waals surface area contributed by atoms with E-state index in [1.165, 1.54) is 0 Å². The number of ether oxygens (including phenoxy) is 1. The van der Waals surface area contributed by atoms with Gasteiger partial charge >= 0.3 is 0 Å². The van der Waals surface area contributed by atoms with Gasteiger partial charge in [0.25, 0.3) is 0 Å². The summed E-state index contributed by atoms with van der Waals surface area (Å²) in [4.78, 5) is 4.42. The van der Waals surface area contributed by atoms with E-state index >= 15 is 0 Å². The number of pyridine rings is 1. The lowest BCUT2D eigenvalue weighted by atomic mass is 10.0. The van der Waals surface area contributed by atoms with Crippen LogP contribution in [-0.4, -0.2) is 11.6 Å². The summed E-state index contributed by atoms with van der Waals surface area (Å²) in [5.41, 5.74) is 5.96. The topological polar surface area (TPSA) is 60.2 Å². The molecule has 0 spiro atoms. The Morgan fingerprint density at radius 3 is 2.60 bits per heavy atom. The van der Waals surface area contributed by atoms with Gasteiger partial charge in [0.1, 0.15) is 5.75 Å². The Morgan fingerprint density at radius 2 is 2.00 bits per heavy atom. The zero-order valence-electron chi connectivity index (χ0n) is 12.0. The molecule has 0 aliphatic heterocycles. The van der Waals surface area contributed by atoms with Gasteiger partial charge in [-0.2, -0.15) is 0 Å². The normalized spacial score (nSPS) is 12.2. The summed E-state index contributed by atoms with van der Waals surface area (Å²) < 4.78 is 5.59. The van der Waals surface area contributed by atoms with E-state index in [1.807, 2.05) is 43.3 Å². The fourth-order valence-corrected chi connectivity index (χ4v) is 2.11. The lowest BCUT2D eigenvalue weighted by Crippen LogP contribution is -2.30. The lowest BCUT2D eigenvalue weighted by Gasteiger charge is -2.18. The minimum absolute atomic E-state index is 0.114. The molecule has 0 saturated heterocycles. The number of nitrogens with zero attached hydrogens (tertiary/aromatic N) is 1. The number of hydrogen-bond acceptors (Lipinski definition) is 4. The Kier molecular flexibility index (Phi) is 5.09. The molecule has 1 atom stereocenters. The highest BCUT2D eigenvalue weighted by atomic mass is 16.5. The summed E-state index contributed by atoms with van der Waals surface area (Å²) in [5.74, 6) is 6.58. The van der Waals surface area contributed by atoms with E-state index in [0.29, 0.717) is 0 Å². The van der Waals surface area contributed by atoms with E-state index in [0.717, 1.165) is 35.6 Å². The van der Waals surface area contributed by atoms with Gasteiger partial charge in [0.05, 0.1) is 18.3 Å². The number of hydrogen-bond donors (Lipinski definition) is 2. The minimum Gasteiger partial charge on any atom is -0.494 e. The van der Waals surface area contributed by atoms with Gasteiger partial charge in [0.15, 0.2) is 0 Å². The van der Waals surface area contributed by atoms with Crippen LogP contribution in [0.15, 0.2) is 42.6 Å². The van der Waals surface area contributed by atoms with Crippen molar-refractivity contribution in [1.29, 1.82) is 0 Å². The zero-order valence-corrected chi connectivity index (χ0v) is 12.0. The molecule has 1 heterocycles. The summed E-state index contributed by atoms with van der Waals surface area (Å²) in [5, 5.41) is 0. The SMILES string of the molecule is CCCOc1ccc(C(NN)c2ncccc2C)cc1. The number of benzene rings is 1. The third-order valence-corrected chi connectivity index (χ3v) is 3.18. The first-order valence-corrected chi connectivity index (χ1v) is 6.86. The van der Waals surface area contributed by atoms with Crippen LogP contribution in [0, 0.1) is 6.92 Å². The Morgan fingerprint density at radius 1 is 1.25 bits per heavy atom. The molecular weight excluding hydrogens is 250 g/mol. The quantitative estimate of drug-likeness (QED) is 0.626. The molecule has 1 unspecified atom stereocenters. The van der Waals surface area contributed by atoms with Gasteiger partial charge < -0.3 is 4.74 Å². The molecule has 1 aromatic heterocycles. The number of nitrogens with two attached hydrogens (primary N) is 1. The van der Waals surface area contributed by atoms with Crippen molar-refractivity contribution in [2.75, 3.05) is 6.61 Å². The molecule has 0 amide bonds. The van der Waals surface area contributed by atoms with Crippen LogP contribution in [0.25, 0.3) is 0 Å². The molecule has 0 saturated carbocycles. The van der Waals surface area contributed by atoms with E-state index < -0.39 is 0 Å². The molecule has 4 heteroatoms. The molecule has 3 N–H and O–H groups in total. The van der Waals surface area contributed by atoms with Crippen molar-refractivity contribution in [3.05, 3.63) is 59.4 Å². The van der Waals surface area contributed by atoms with Gasteiger partial charge in [-0.15, -0.1) is 0 Å². The van der Waals surface area contributed by atoms with E-state index in [4.69, 9.17) is 10.6 Å². The second kappa shape index (κ2) is 7.03. The molecule has 20 heavy (non-hydrogen) atoms. The fourth-order valence-electron chi connectivity index (χ4n) is 2.11. The second-order valence-electron chi connectivity index (χ2n) is 4.72. The number of rotatable bonds is 6. The molecule has 2 aromatic rings. The summed E-state index contributed by atoms with van der Waals surface area (Å²) in [6, 6.07) is 11.8. The minimum atomic E-state index is -0.114. The maximum Gasteiger partial charge on any atom is 0.119 e. The molecule has 0 aliphatic carbocycles. The van der Waals surface area contributed by atoms with Crippen molar-refractivity contribution in [2.24, 2.45) is 5.84 Å². The molecule has 0 bridgehead atoms.